The number of aromatic hydroxyl groups is 1. The zero-order valence-electron chi connectivity index (χ0n) is 27.2. The van der Waals surface area contributed by atoms with Crippen molar-refractivity contribution in [3.8, 4) is 5.75 Å². The maximum atomic E-state index is 13.7. The first-order valence-corrected chi connectivity index (χ1v) is 15.3. The number of hydrogen-bond acceptors (Lipinski definition) is 10. The molecule has 9 atom stereocenters. The smallest absolute Gasteiger partial charge is 0.251 e. The van der Waals surface area contributed by atoms with E-state index < -0.39 is 95.2 Å². The molecule has 0 aromatic heterocycles. The van der Waals surface area contributed by atoms with E-state index in [0.717, 1.165) is 6.08 Å². The van der Waals surface area contributed by atoms with Crippen molar-refractivity contribution >= 4 is 23.3 Å². The molecular weight excluding hydrogens is 594 g/mol. The van der Waals surface area contributed by atoms with E-state index in [1.165, 1.54) is 45.9 Å². The normalized spacial score (nSPS) is 35.0. The first-order valence-electron chi connectivity index (χ1n) is 15.3. The van der Waals surface area contributed by atoms with Crippen molar-refractivity contribution in [2.75, 3.05) is 6.61 Å². The summed E-state index contributed by atoms with van der Waals surface area (Å²) < 4.78 is 0. The molecule has 0 radical (unpaired) electrons. The number of aliphatic hydroxyl groups excluding tert-OH is 5. The van der Waals surface area contributed by atoms with E-state index in [9.17, 15) is 49.8 Å². The quantitative estimate of drug-likeness (QED) is 0.239. The molecule has 0 saturated heterocycles. The molecule has 46 heavy (non-hydrogen) atoms. The Labute approximate surface area is 268 Å². The van der Waals surface area contributed by atoms with Crippen LogP contribution in [0.5, 0.6) is 5.75 Å². The average Bonchev–Trinajstić information content (AvgIpc) is 3.03. The SMILES string of the molecule is C/C1=C\C=C\C(C)C(O)C(C)C(O)C(C)C(O)C(C)C(O)C(CO)/C=C(\C)C(=O)c2c(O)c(C)cc3c2C(=O)C=C(NC1=O)C3=O. The molecule has 11 nitrogen and oxygen atoms in total. The highest BCUT2D eigenvalue weighted by Gasteiger charge is 2.39. The van der Waals surface area contributed by atoms with Gasteiger partial charge in [-0.3, -0.25) is 19.2 Å². The molecule has 1 aromatic rings. The van der Waals surface area contributed by atoms with Crippen molar-refractivity contribution in [2.24, 2.45) is 29.6 Å². The lowest BCUT2D eigenvalue weighted by atomic mass is 9.76. The number of carbonyl (C=O) groups excluding carboxylic acids is 4. The van der Waals surface area contributed by atoms with E-state index in [0.29, 0.717) is 0 Å². The van der Waals surface area contributed by atoms with Crippen molar-refractivity contribution in [1.29, 1.82) is 0 Å². The highest BCUT2D eigenvalue weighted by molar-refractivity contribution is 6.30. The van der Waals surface area contributed by atoms with E-state index >= 15 is 0 Å². The van der Waals surface area contributed by atoms with Crippen molar-refractivity contribution in [1.82, 2.24) is 5.32 Å². The Kier molecular flexibility index (Phi) is 11.8. The van der Waals surface area contributed by atoms with Crippen LogP contribution in [-0.4, -0.2) is 84.9 Å². The molecule has 3 aliphatic rings. The van der Waals surface area contributed by atoms with Gasteiger partial charge in [-0.25, -0.2) is 0 Å². The lowest BCUT2D eigenvalue weighted by molar-refractivity contribution is -0.116. The van der Waals surface area contributed by atoms with Crippen molar-refractivity contribution in [3.63, 3.8) is 0 Å². The first kappa shape index (κ1) is 36.7. The molecule has 0 saturated carbocycles. The predicted molar refractivity (Wildman–Crippen MR) is 170 cm³/mol. The third-order valence-electron chi connectivity index (χ3n) is 9.34. The van der Waals surface area contributed by atoms with Crippen LogP contribution in [0, 0.1) is 36.5 Å². The number of aryl methyl sites for hydroxylation is 1. The van der Waals surface area contributed by atoms with Gasteiger partial charge in [0.15, 0.2) is 11.6 Å². The van der Waals surface area contributed by atoms with Crippen molar-refractivity contribution < 1.29 is 49.8 Å². The minimum Gasteiger partial charge on any atom is -0.507 e. The van der Waals surface area contributed by atoms with Gasteiger partial charge in [0.1, 0.15) is 5.75 Å². The number of carbonyl (C=O) groups is 4. The number of allylic oxidation sites excluding steroid dienone is 5. The molecule has 11 heteroatoms. The van der Waals surface area contributed by atoms with E-state index in [4.69, 9.17) is 0 Å². The molecule has 1 aromatic carbocycles. The van der Waals surface area contributed by atoms with Gasteiger partial charge in [0.25, 0.3) is 5.91 Å². The summed E-state index contributed by atoms with van der Waals surface area (Å²) >= 11 is 0. The van der Waals surface area contributed by atoms with Crippen molar-refractivity contribution in [2.45, 2.75) is 72.9 Å². The molecule has 4 bridgehead atoms. The number of nitrogens with one attached hydrogen (secondary N) is 1. The average molecular weight is 640 g/mol. The zero-order valence-corrected chi connectivity index (χ0v) is 27.2. The van der Waals surface area contributed by atoms with Gasteiger partial charge in [0.2, 0.25) is 5.78 Å². The second kappa shape index (κ2) is 14.8. The van der Waals surface area contributed by atoms with Gasteiger partial charge >= 0.3 is 0 Å². The van der Waals surface area contributed by atoms with Crippen LogP contribution in [0.2, 0.25) is 0 Å². The Balaban J connectivity index is 2.19. The second-order valence-electron chi connectivity index (χ2n) is 12.7. The zero-order chi connectivity index (χ0) is 34.8. The Hall–Kier alpha value is -3.74. The summed E-state index contributed by atoms with van der Waals surface area (Å²) in [6, 6.07) is 1.26. The van der Waals surface area contributed by atoms with Crippen LogP contribution in [0.25, 0.3) is 0 Å². The van der Waals surface area contributed by atoms with Crippen LogP contribution in [-0.2, 0) is 4.79 Å². The molecule has 1 aliphatic carbocycles. The van der Waals surface area contributed by atoms with Crippen molar-refractivity contribution in [3.05, 3.63) is 75.5 Å². The molecule has 1 amide bonds. The number of rotatable bonds is 1. The number of hydrogen-bond donors (Lipinski definition) is 7. The van der Waals surface area contributed by atoms with Gasteiger partial charge < -0.3 is 36.0 Å². The third kappa shape index (κ3) is 7.29. The van der Waals surface area contributed by atoms with Crippen LogP contribution < -0.4 is 5.32 Å². The maximum absolute atomic E-state index is 13.7. The number of phenolic OH excluding ortho intramolecular Hbond substituents is 1. The number of Topliss-reactive ketones (excluding diaryl/α,β-unsaturated/α-hetero) is 2. The van der Waals surface area contributed by atoms with Crippen LogP contribution in [0.3, 0.4) is 0 Å². The number of phenols is 1. The lowest BCUT2D eigenvalue weighted by Crippen LogP contribution is -2.46. The van der Waals surface area contributed by atoms with Crippen LogP contribution in [0.15, 0.2) is 53.3 Å². The van der Waals surface area contributed by atoms with E-state index in [2.05, 4.69) is 5.32 Å². The Morgan fingerprint density at radius 1 is 0.761 bits per heavy atom. The van der Waals surface area contributed by atoms with Crippen LogP contribution in [0.1, 0.15) is 78.2 Å². The van der Waals surface area contributed by atoms with E-state index in [-0.39, 0.29) is 33.5 Å². The third-order valence-corrected chi connectivity index (χ3v) is 9.34. The first-order chi connectivity index (χ1) is 21.4. The fourth-order valence-electron chi connectivity index (χ4n) is 6.04. The molecular formula is C35H45NO10. The predicted octanol–water partition coefficient (Wildman–Crippen LogP) is 2.32. The number of ketones is 3. The van der Waals surface area contributed by atoms with Gasteiger partial charge in [-0.2, -0.15) is 0 Å². The fourth-order valence-corrected chi connectivity index (χ4v) is 6.04. The Morgan fingerprint density at radius 2 is 1.33 bits per heavy atom. The standard InChI is InChI=1S/C35H45NO10/c1-15-9-8-10-16(2)35(46)36-24-13-25(38)26-23(34(24)45)12-18(4)30(41)27(26)29(40)17(3)11-22(14-37)33(44)21(7)32(43)20(6)31(42)19(5)28(15)39/h8-13,15,19-22,28,31-33,37,39,41-44H,14H2,1-7H3,(H,36,46)/b9-8+,16-10+,17-11+. The molecule has 7 N–H and O–H groups in total. The summed E-state index contributed by atoms with van der Waals surface area (Å²) in [5.41, 5.74) is -1.02. The number of amides is 1. The number of fused-ring (bicyclic) bond motifs is 15. The van der Waals surface area contributed by atoms with Gasteiger partial charge in [0.05, 0.1) is 42.3 Å². The highest BCUT2D eigenvalue weighted by atomic mass is 16.3. The Morgan fingerprint density at radius 3 is 1.91 bits per heavy atom. The van der Waals surface area contributed by atoms with E-state index in [1.54, 1.807) is 32.9 Å². The number of aliphatic hydroxyl groups is 5. The maximum Gasteiger partial charge on any atom is 0.251 e. The summed E-state index contributed by atoms with van der Waals surface area (Å²) in [6.07, 6.45) is 1.87. The lowest BCUT2D eigenvalue weighted by Gasteiger charge is -2.37. The monoisotopic (exact) mass is 639 g/mol. The minimum absolute atomic E-state index is 0.0586. The summed E-state index contributed by atoms with van der Waals surface area (Å²) in [7, 11) is 0. The van der Waals surface area contributed by atoms with Gasteiger partial charge in [-0.05, 0) is 38.0 Å². The Bertz CT molecular complexity index is 1520. The fraction of sp³-hybridized carbons (Fsp3) is 0.486. The van der Waals surface area contributed by atoms with Gasteiger partial charge in [-0.15, -0.1) is 0 Å². The topological polar surface area (TPSA) is 202 Å². The van der Waals surface area contributed by atoms with Gasteiger partial charge in [-0.1, -0.05) is 52.0 Å². The molecule has 9 unspecified atom stereocenters. The molecule has 250 valence electrons. The minimum atomic E-state index is -1.39. The largest absolute Gasteiger partial charge is 0.507 e. The summed E-state index contributed by atoms with van der Waals surface area (Å²) in [5.74, 6) is -7.57. The molecule has 2 heterocycles. The van der Waals surface area contributed by atoms with Gasteiger partial charge in [0, 0.05) is 52.4 Å². The second-order valence-corrected chi connectivity index (χ2v) is 12.7. The summed E-state index contributed by atoms with van der Waals surface area (Å²) in [4.78, 5) is 53.5. The van der Waals surface area contributed by atoms with E-state index in [1.807, 2.05) is 0 Å². The van der Waals surface area contributed by atoms with Crippen LogP contribution >= 0.6 is 0 Å². The summed E-state index contributed by atoms with van der Waals surface area (Å²) in [5, 5.41) is 67.8. The molecule has 0 fully saturated rings. The number of benzene rings is 1. The molecule has 0 spiro atoms. The summed E-state index contributed by atoms with van der Waals surface area (Å²) in [6.45, 7) is 10.1. The molecule has 2 aliphatic heterocycles. The molecule has 4 rings (SSSR count). The highest BCUT2D eigenvalue weighted by Crippen LogP contribution is 2.35. The van der Waals surface area contributed by atoms with Crippen LogP contribution in [0.4, 0.5) is 0 Å².